The van der Waals surface area contributed by atoms with Crippen molar-refractivity contribution in [1.82, 2.24) is 5.32 Å². The minimum atomic E-state index is -0.316. The van der Waals surface area contributed by atoms with Gasteiger partial charge in [-0.15, -0.1) is 0 Å². The number of nitrogens with zero attached hydrogens (tertiary/aromatic N) is 1. The minimum Gasteiger partial charge on any atom is -0.311 e. The summed E-state index contributed by atoms with van der Waals surface area (Å²) < 4.78 is 13.4. The molecule has 0 aliphatic rings. The first kappa shape index (κ1) is 13.0. The second-order valence-electron chi connectivity index (χ2n) is 3.60. The van der Waals surface area contributed by atoms with Crippen molar-refractivity contribution >= 4 is 11.8 Å². The molecule has 0 bridgehead atoms. The highest BCUT2D eigenvalue weighted by Gasteiger charge is 2.04. The summed E-state index contributed by atoms with van der Waals surface area (Å²) in [6.45, 7) is 3.47. The number of halogens is 1. The number of rotatable bonds is 5. The Labute approximate surface area is 99.9 Å². The molecule has 1 unspecified atom stereocenters. The zero-order valence-corrected chi connectivity index (χ0v) is 10.3. The zero-order valence-electron chi connectivity index (χ0n) is 9.46. The molecule has 1 aromatic carbocycles. The van der Waals surface area contributed by atoms with Crippen molar-refractivity contribution in [2.45, 2.75) is 18.7 Å². The molecule has 0 aliphatic carbocycles. The Morgan fingerprint density at radius 1 is 1.56 bits per heavy atom. The van der Waals surface area contributed by atoms with Crippen LogP contribution in [-0.2, 0) is 6.54 Å². The lowest BCUT2D eigenvalue weighted by Gasteiger charge is -2.10. The minimum absolute atomic E-state index is 0.316. The summed E-state index contributed by atoms with van der Waals surface area (Å²) in [7, 11) is 0. The van der Waals surface area contributed by atoms with Crippen LogP contribution in [0.2, 0.25) is 0 Å². The maximum Gasteiger partial charge on any atom is 0.129 e. The average molecular weight is 238 g/mol. The summed E-state index contributed by atoms with van der Waals surface area (Å²) in [6.07, 6.45) is 2.05. The van der Waals surface area contributed by atoms with Crippen LogP contribution in [0.25, 0.3) is 0 Å². The zero-order chi connectivity index (χ0) is 12.0. The van der Waals surface area contributed by atoms with Gasteiger partial charge in [0.1, 0.15) is 5.82 Å². The van der Waals surface area contributed by atoms with Gasteiger partial charge in [0, 0.05) is 23.9 Å². The molecule has 0 spiro atoms. The van der Waals surface area contributed by atoms with Gasteiger partial charge in [-0.2, -0.15) is 17.0 Å². The van der Waals surface area contributed by atoms with Gasteiger partial charge in [0.05, 0.1) is 11.6 Å². The summed E-state index contributed by atoms with van der Waals surface area (Å²) in [5.74, 6) is -0.316. The van der Waals surface area contributed by atoms with Crippen LogP contribution in [0.3, 0.4) is 0 Å². The van der Waals surface area contributed by atoms with E-state index in [2.05, 4.69) is 18.5 Å². The predicted octanol–water partition coefficient (Wildman–Crippen LogP) is 2.54. The number of benzene rings is 1. The van der Waals surface area contributed by atoms with Gasteiger partial charge in [-0.3, -0.25) is 0 Å². The van der Waals surface area contributed by atoms with E-state index in [-0.39, 0.29) is 5.82 Å². The molecule has 16 heavy (non-hydrogen) atoms. The topological polar surface area (TPSA) is 35.8 Å². The van der Waals surface area contributed by atoms with E-state index in [0.29, 0.717) is 22.9 Å². The van der Waals surface area contributed by atoms with Gasteiger partial charge in [0.2, 0.25) is 0 Å². The second-order valence-corrected chi connectivity index (χ2v) is 4.87. The molecule has 2 nitrogen and oxygen atoms in total. The van der Waals surface area contributed by atoms with Crippen molar-refractivity contribution in [2.75, 3.05) is 12.8 Å². The van der Waals surface area contributed by atoms with Crippen LogP contribution in [0.1, 0.15) is 18.1 Å². The quantitative estimate of drug-likeness (QED) is 0.856. The van der Waals surface area contributed by atoms with Gasteiger partial charge in [-0.1, -0.05) is 13.0 Å². The normalized spacial score (nSPS) is 12.1. The van der Waals surface area contributed by atoms with Crippen molar-refractivity contribution in [2.24, 2.45) is 0 Å². The van der Waals surface area contributed by atoms with E-state index in [1.807, 2.05) is 6.07 Å². The van der Waals surface area contributed by atoms with Gasteiger partial charge in [0.25, 0.3) is 0 Å². The molecule has 0 aliphatic heterocycles. The highest BCUT2D eigenvalue weighted by Crippen LogP contribution is 2.10. The lowest BCUT2D eigenvalue weighted by Crippen LogP contribution is -2.22. The SMILES string of the molecule is CSC(C)CNCc1ccc(C#N)cc1F. The van der Waals surface area contributed by atoms with E-state index in [0.717, 1.165) is 6.54 Å². The molecule has 1 atom stereocenters. The van der Waals surface area contributed by atoms with Gasteiger partial charge in [-0.25, -0.2) is 4.39 Å². The first-order valence-electron chi connectivity index (χ1n) is 5.09. The largest absolute Gasteiger partial charge is 0.311 e. The van der Waals surface area contributed by atoms with Crippen LogP contribution in [0, 0.1) is 17.1 Å². The van der Waals surface area contributed by atoms with Crippen molar-refractivity contribution in [3.05, 3.63) is 35.1 Å². The third kappa shape index (κ3) is 3.84. The van der Waals surface area contributed by atoms with Gasteiger partial charge in [-0.05, 0) is 18.4 Å². The third-order valence-corrected chi connectivity index (χ3v) is 3.30. The summed E-state index contributed by atoms with van der Waals surface area (Å²) in [4.78, 5) is 0. The number of nitriles is 1. The molecule has 1 N–H and O–H groups in total. The molecule has 0 saturated heterocycles. The third-order valence-electron chi connectivity index (χ3n) is 2.33. The maximum atomic E-state index is 13.4. The molecule has 4 heteroatoms. The van der Waals surface area contributed by atoms with Gasteiger partial charge >= 0.3 is 0 Å². The number of nitrogens with one attached hydrogen (secondary N) is 1. The molecule has 1 rings (SSSR count). The van der Waals surface area contributed by atoms with Crippen molar-refractivity contribution in [3.63, 3.8) is 0 Å². The van der Waals surface area contributed by atoms with Crippen LogP contribution < -0.4 is 5.32 Å². The van der Waals surface area contributed by atoms with Crippen molar-refractivity contribution in [3.8, 4) is 6.07 Å². The molecule has 0 saturated carbocycles. The molecular formula is C12H15FN2S. The van der Waals surface area contributed by atoms with Crippen LogP contribution in [-0.4, -0.2) is 18.1 Å². The molecular weight excluding hydrogens is 223 g/mol. The molecule has 0 radical (unpaired) electrons. The van der Waals surface area contributed by atoms with Crippen molar-refractivity contribution < 1.29 is 4.39 Å². The summed E-state index contributed by atoms with van der Waals surface area (Å²) in [6, 6.07) is 6.48. The highest BCUT2D eigenvalue weighted by molar-refractivity contribution is 7.99. The Kier molecular flexibility index (Phi) is 5.30. The highest BCUT2D eigenvalue weighted by atomic mass is 32.2. The second kappa shape index (κ2) is 6.51. The van der Waals surface area contributed by atoms with E-state index in [1.54, 1.807) is 23.9 Å². The van der Waals surface area contributed by atoms with E-state index >= 15 is 0 Å². The monoisotopic (exact) mass is 238 g/mol. The summed E-state index contributed by atoms with van der Waals surface area (Å²) in [5.41, 5.74) is 0.964. The first-order chi connectivity index (χ1) is 7.67. The first-order valence-corrected chi connectivity index (χ1v) is 6.38. The fraction of sp³-hybridized carbons (Fsp3) is 0.417. The Balaban J connectivity index is 2.52. The molecule has 0 fully saturated rings. The van der Waals surface area contributed by atoms with Crippen LogP contribution in [0.4, 0.5) is 4.39 Å². The molecule has 86 valence electrons. The number of hydrogen-bond acceptors (Lipinski definition) is 3. The fourth-order valence-corrected chi connectivity index (χ4v) is 1.54. The number of hydrogen-bond donors (Lipinski definition) is 1. The Hall–Kier alpha value is -1.05. The van der Waals surface area contributed by atoms with Crippen molar-refractivity contribution in [1.29, 1.82) is 5.26 Å². The van der Waals surface area contributed by atoms with E-state index < -0.39 is 0 Å². The van der Waals surface area contributed by atoms with E-state index in [1.165, 1.54) is 6.07 Å². The van der Waals surface area contributed by atoms with Gasteiger partial charge < -0.3 is 5.32 Å². The Morgan fingerprint density at radius 2 is 2.31 bits per heavy atom. The fourth-order valence-electron chi connectivity index (χ4n) is 1.25. The smallest absolute Gasteiger partial charge is 0.129 e. The van der Waals surface area contributed by atoms with E-state index in [9.17, 15) is 4.39 Å². The maximum absolute atomic E-state index is 13.4. The van der Waals surface area contributed by atoms with Gasteiger partial charge in [0.15, 0.2) is 0 Å². The predicted molar refractivity (Wildman–Crippen MR) is 65.8 cm³/mol. The van der Waals surface area contributed by atoms with E-state index in [4.69, 9.17) is 5.26 Å². The summed E-state index contributed by atoms with van der Waals surface area (Å²) in [5, 5.41) is 12.3. The number of thioether (sulfide) groups is 1. The average Bonchev–Trinajstić information content (AvgIpc) is 2.30. The Morgan fingerprint density at radius 3 is 2.88 bits per heavy atom. The molecule has 0 aromatic heterocycles. The summed E-state index contributed by atoms with van der Waals surface area (Å²) >= 11 is 1.77. The Bertz CT molecular complexity index is 387. The van der Waals surface area contributed by atoms with Crippen LogP contribution in [0.15, 0.2) is 18.2 Å². The lowest BCUT2D eigenvalue weighted by atomic mass is 10.1. The lowest BCUT2D eigenvalue weighted by molar-refractivity contribution is 0.588. The molecule has 0 heterocycles. The molecule has 0 amide bonds. The van der Waals surface area contributed by atoms with Crippen LogP contribution >= 0.6 is 11.8 Å². The molecule has 1 aromatic rings. The van der Waals surface area contributed by atoms with Crippen LogP contribution in [0.5, 0.6) is 0 Å². The standard InChI is InChI=1S/C12H15FN2S/c1-9(16-2)7-15-8-11-4-3-10(6-14)5-12(11)13/h3-5,9,15H,7-8H2,1-2H3.